The summed E-state index contributed by atoms with van der Waals surface area (Å²) in [5, 5.41) is 15.3. The van der Waals surface area contributed by atoms with Gasteiger partial charge in [-0.3, -0.25) is 14.9 Å². The standard InChI is InChI=1S/C22H16BrN3O6/c1-31-18-6-2-4-15(12-18)22(28)32-20-16(5-3-7-19(20)26(29)30)13-24-25-21(27)14-8-10-17(23)11-9-14/h2-13H,1H3,(H,25,27)/b24-13+. The molecule has 0 fully saturated rings. The van der Waals surface area contributed by atoms with Gasteiger partial charge in [-0.05, 0) is 48.5 Å². The van der Waals surface area contributed by atoms with E-state index in [0.29, 0.717) is 11.3 Å². The number of rotatable bonds is 7. The van der Waals surface area contributed by atoms with Crippen molar-refractivity contribution in [2.24, 2.45) is 5.10 Å². The molecule has 0 saturated carbocycles. The molecule has 0 radical (unpaired) electrons. The van der Waals surface area contributed by atoms with E-state index in [1.165, 1.54) is 37.4 Å². The predicted octanol–water partition coefficient (Wildman–Crippen LogP) is 4.35. The lowest BCUT2D eigenvalue weighted by atomic mass is 10.1. The second-order valence-corrected chi connectivity index (χ2v) is 7.20. The fourth-order valence-electron chi connectivity index (χ4n) is 2.63. The summed E-state index contributed by atoms with van der Waals surface area (Å²) in [4.78, 5) is 35.6. The average Bonchev–Trinajstić information content (AvgIpc) is 2.80. The molecular formula is C22H16BrN3O6. The third kappa shape index (κ3) is 5.55. The van der Waals surface area contributed by atoms with Gasteiger partial charge >= 0.3 is 11.7 Å². The van der Waals surface area contributed by atoms with Gasteiger partial charge in [-0.25, -0.2) is 10.2 Å². The van der Waals surface area contributed by atoms with E-state index in [-0.39, 0.29) is 16.9 Å². The van der Waals surface area contributed by atoms with Gasteiger partial charge in [0.2, 0.25) is 5.75 Å². The Morgan fingerprint density at radius 3 is 2.47 bits per heavy atom. The molecule has 0 unspecified atom stereocenters. The van der Waals surface area contributed by atoms with E-state index in [1.807, 2.05) is 0 Å². The number of halogens is 1. The number of nitro benzene ring substituents is 1. The van der Waals surface area contributed by atoms with E-state index >= 15 is 0 Å². The largest absolute Gasteiger partial charge is 0.497 e. The fraction of sp³-hybridized carbons (Fsp3) is 0.0455. The first-order chi connectivity index (χ1) is 15.4. The second-order valence-electron chi connectivity index (χ2n) is 6.28. The Kier molecular flexibility index (Phi) is 7.29. The van der Waals surface area contributed by atoms with Crippen LogP contribution in [0.4, 0.5) is 5.69 Å². The second kappa shape index (κ2) is 10.3. The van der Waals surface area contributed by atoms with Crippen LogP contribution in [-0.4, -0.2) is 30.1 Å². The molecule has 0 atom stereocenters. The van der Waals surface area contributed by atoms with Crippen LogP contribution in [0.2, 0.25) is 0 Å². The maximum absolute atomic E-state index is 12.6. The van der Waals surface area contributed by atoms with Crippen molar-refractivity contribution in [3.8, 4) is 11.5 Å². The summed E-state index contributed by atoms with van der Waals surface area (Å²) in [6, 6.07) is 16.9. The first-order valence-corrected chi connectivity index (χ1v) is 9.91. The number of carbonyl (C=O) groups is 2. The van der Waals surface area contributed by atoms with Crippen LogP contribution in [0.5, 0.6) is 11.5 Å². The molecule has 10 heteroatoms. The van der Waals surface area contributed by atoms with E-state index in [1.54, 1.807) is 36.4 Å². The summed E-state index contributed by atoms with van der Waals surface area (Å²) in [6.07, 6.45) is 1.16. The molecule has 9 nitrogen and oxygen atoms in total. The first-order valence-electron chi connectivity index (χ1n) is 9.11. The molecule has 0 aromatic heterocycles. The van der Waals surface area contributed by atoms with E-state index in [9.17, 15) is 19.7 Å². The number of nitrogens with zero attached hydrogens (tertiary/aromatic N) is 2. The predicted molar refractivity (Wildman–Crippen MR) is 120 cm³/mol. The minimum Gasteiger partial charge on any atom is -0.497 e. The maximum atomic E-state index is 12.6. The Balaban J connectivity index is 1.84. The third-order valence-electron chi connectivity index (χ3n) is 4.20. The van der Waals surface area contributed by atoms with E-state index in [2.05, 4.69) is 26.5 Å². The summed E-state index contributed by atoms with van der Waals surface area (Å²) in [6.45, 7) is 0. The molecule has 1 amide bonds. The number of carbonyl (C=O) groups excluding carboxylic acids is 2. The van der Waals surface area contributed by atoms with Crippen LogP contribution in [0, 0.1) is 10.1 Å². The Morgan fingerprint density at radius 1 is 1.06 bits per heavy atom. The lowest BCUT2D eigenvalue weighted by Crippen LogP contribution is -2.17. The van der Waals surface area contributed by atoms with Crippen LogP contribution in [-0.2, 0) is 0 Å². The Labute approximate surface area is 190 Å². The highest BCUT2D eigenvalue weighted by Crippen LogP contribution is 2.31. The number of hydrazone groups is 1. The monoisotopic (exact) mass is 497 g/mol. The number of amides is 1. The maximum Gasteiger partial charge on any atom is 0.343 e. The van der Waals surface area contributed by atoms with Gasteiger partial charge in [0.05, 0.1) is 23.8 Å². The number of hydrogen-bond acceptors (Lipinski definition) is 7. The summed E-state index contributed by atoms with van der Waals surface area (Å²) >= 11 is 3.28. The molecular weight excluding hydrogens is 482 g/mol. The zero-order valence-corrected chi connectivity index (χ0v) is 18.2. The van der Waals surface area contributed by atoms with Crippen LogP contribution in [0.25, 0.3) is 0 Å². The Bertz CT molecular complexity index is 1190. The van der Waals surface area contributed by atoms with E-state index in [4.69, 9.17) is 9.47 Å². The molecule has 3 aromatic rings. The van der Waals surface area contributed by atoms with Crippen LogP contribution < -0.4 is 14.9 Å². The molecule has 0 bridgehead atoms. The Hall–Kier alpha value is -4.05. The number of methoxy groups -OCH3 is 1. The van der Waals surface area contributed by atoms with Gasteiger partial charge in [-0.1, -0.05) is 28.1 Å². The van der Waals surface area contributed by atoms with Crippen molar-refractivity contribution >= 4 is 39.7 Å². The minimum absolute atomic E-state index is 0.131. The number of nitro groups is 1. The van der Waals surface area contributed by atoms with Crippen LogP contribution >= 0.6 is 15.9 Å². The molecule has 0 spiro atoms. The lowest BCUT2D eigenvalue weighted by molar-refractivity contribution is -0.385. The smallest absolute Gasteiger partial charge is 0.343 e. The van der Waals surface area contributed by atoms with Gasteiger partial charge in [0.15, 0.2) is 0 Å². The quantitative estimate of drug-likeness (QED) is 0.170. The normalized spacial score (nSPS) is 10.6. The van der Waals surface area contributed by atoms with Crippen molar-refractivity contribution in [1.29, 1.82) is 0 Å². The van der Waals surface area contributed by atoms with Crippen molar-refractivity contribution in [3.63, 3.8) is 0 Å². The van der Waals surface area contributed by atoms with Gasteiger partial charge in [0, 0.05) is 21.7 Å². The van der Waals surface area contributed by atoms with Crippen molar-refractivity contribution in [3.05, 3.63) is 98.0 Å². The van der Waals surface area contributed by atoms with Gasteiger partial charge in [-0.2, -0.15) is 5.10 Å². The summed E-state index contributed by atoms with van der Waals surface area (Å²) in [7, 11) is 1.45. The summed E-state index contributed by atoms with van der Waals surface area (Å²) in [5.74, 6) is -1.16. The molecule has 1 N–H and O–H groups in total. The number of ether oxygens (including phenoxy) is 2. The zero-order valence-electron chi connectivity index (χ0n) is 16.7. The number of para-hydroxylation sites is 1. The Morgan fingerprint density at radius 2 is 1.78 bits per heavy atom. The average molecular weight is 498 g/mol. The molecule has 32 heavy (non-hydrogen) atoms. The molecule has 0 saturated heterocycles. The van der Waals surface area contributed by atoms with Gasteiger partial charge < -0.3 is 9.47 Å². The topological polar surface area (TPSA) is 120 Å². The van der Waals surface area contributed by atoms with Crippen LogP contribution in [0.1, 0.15) is 26.3 Å². The number of nitrogens with one attached hydrogen (secondary N) is 1. The third-order valence-corrected chi connectivity index (χ3v) is 4.73. The van der Waals surface area contributed by atoms with Crippen molar-refractivity contribution in [2.45, 2.75) is 0 Å². The van der Waals surface area contributed by atoms with Crippen molar-refractivity contribution < 1.29 is 24.0 Å². The van der Waals surface area contributed by atoms with Gasteiger partial charge in [0.25, 0.3) is 5.91 Å². The minimum atomic E-state index is -0.813. The van der Waals surface area contributed by atoms with Crippen LogP contribution in [0.3, 0.4) is 0 Å². The fourth-order valence-corrected chi connectivity index (χ4v) is 2.89. The number of esters is 1. The highest BCUT2D eigenvalue weighted by molar-refractivity contribution is 9.10. The molecule has 0 heterocycles. The summed E-state index contributed by atoms with van der Waals surface area (Å²) < 4.78 is 11.2. The van der Waals surface area contributed by atoms with E-state index in [0.717, 1.165) is 10.7 Å². The number of hydrogen-bond donors (Lipinski definition) is 1. The van der Waals surface area contributed by atoms with Crippen molar-refractivity contribution in [1.82, 2.24) is 5.43 Å². The molecule has 3 aromatic carbocycles. The highest BCUT2D eigenvalue weighted by Gasteiger charge is 2.22. The molecule has 3 rings (SSSR count). The SMILES string of the molecule is COc1cccc(C(=O)Oc2c(/C=N/NC(=O)c3ccc(Br)cc3)cccc2[N+](=O)[O-])c1. The molecule has 0 aliphatic rings. The highest BCUT2D eigenvalue weighted by atomic mass is 79.9. The first kappa shape index (κ1) is 22.6. The molecule has 162 valence electrons. The lowest BCUT2D eigenvalue weighted by Gasteiger charge is -2.09. The zero-order chi connectivity index (χ0) is 23.1. The van der Waals surface area contributed by atoms with E-state index < -0.39 is 22.5 Å². The molecule has 0 aliphatic carbocycles. The van der Waals surface area contributed by atoms with Crippen LogP contribution in [0.15, 0.2) is 76.3 Å². The summed E-state index contributed by atoms with van der Waals surface area (Å²) in [5.41, 5.74) is 2.55. The number of benzene rings is 3. The van der Waals surface area contributed by atoms with Crippen molar-refractivity contribution in [2.75, 3.05) is 7.11 Å². The van der Waals surface area contributed by atoms with Gasteiger partial charge in [-0.15, -0.1) is 0 Å². The molecule has 0 aliphatic heterocycles. The van der Waals surface area contributed by atoms with Gasteiger partial charge in [0.1, 0.15) is 5.75 Å².